The highest BCUT2D eigenvalue weighted by Crippen LogP contribution is 2.32. The fraction of sp³-hybridized carbons (Fsp3) is 0.333. The number of aldehydes is 1. The lowest BCUT2D eigenvalue weighted by atomic mass is 9.93. The maximum atomic E-state index is 15.3. The van der Waals surface area contributed by atoms with Crippen molar-refractivity contribution < 1.29 is 18.3 Å². The molecule has 0 bridgehead atoms. The fourth-order valence-corrected chi connectivity index (χ4v) is 5.49. The van der Waals surface area contributed by atoms with E-state index in [9.17, 15) is 9.18 Å². The third kappa shape index (κ3) is 5.64. The maximum Gasteiger partial charge on any atom is 0.150 e. The van der Waals surface area contributed by atoms with Crippen molar-refractivity contribution in [1.29, 1.82) is 5.26 Å². The van der Waals surface area contributed by atoms with Crippen molar-refractivity contribution in [2.75, 3.05) is 44.7 Å². The summed E-state index contributed by atoms with van der Waals surface area (Å²) in [5, 5.41) is 15.5. The Morgan fingerprint density at radius 2 is 1.95 bits per heavy atom. The number of benzene rings is 3. The molecular weight excluding hydrogens is 500 g/mol. The second kappa shape index (κ2) is 11.9. The Bertz CT molecular complexity index is 1400. The highest BCUT2D eigenvalue weighted by Gasteiger charge is 2.30. The Labute approximate surface area is 227 Å². The van der Waals surface area contributed by atoms with E-state index in [2.05, 4.69) is 15.5 Å². The molecule has 0 spiro atoms. The van der Waals surface area contributed by atoms with Gasteiger partial charge in [-0.05, 0) is 54.6 Å². The normalized spacial score (nSPS) is 17.4. The number of nitriles is 1. The standard InChI is InChI=1S/C30H31F2N5O2/c1-34-16-25-21(18-38)3-2-4-30(25)39-19-23-12-22-15-35-17-29(24(22)13-26(23)31)37-9-7-36(8-10-37)28-6-5-20(14-33)11-27(28)32/h2-6,11-13,18,29,34-35H,7-10,15-17,19H2,1H3. The molecule has 2 aliphatic rings. The molecular formula is C30H31F2N5O2. The van der Waals surface area contributed by atoms with Crippen LogP contribution in [-0.2, 0) is 19.7 Å². The van der Waals surface area contributed by atoms with Crippen LogP contribution in [0.1, 0.15) is 44.2 Å². The minimum atomic E-state index is -0.389. The van der Waals surface area contributed by atoms with Gasteiger partial charge in [0.05, 0.1) is 17.3 Å². The Balaban J connectivity index is 1.28. The number of carbonyl (C=O) groups excluding carboxylic acids is 1. The van der Waals surface area contributed by atoms with Crippen LogP contribution in [0, 0.1) is 23.0 Å². The molecule has 9 heteroatoms. The molecule has 1 fully saturated rings. The summed E-state index contributed by atoms with van der Waals surface area (Å²) in [6.07, 6.45) is 0.797. The fourth-order valence-electron chi connectivity index (χ4n) is 5.49. The van der Waals surface area contributed by atoms with Gasteiger partial charge in [0.25, 0.3) is 0 Å². The summed E-state index contributed by atoms with van der Waals surface area (Å²) >= 11 is 0. The monoisotopic (exact) mass is 531 g/mol. The second-order valence-corrected chi connectivity index (χ2v) is 9.85. The molecule has 5 rings (SSSR count). The van der Waals surface area contributed by atoms with Crippen LogP contribution in [0.4, 0.5) is 14.5 Å². The molecule has 1 unspecified atom stereocenters. The van der Waals surface area contributed by atoms with Crippen molar-refractivity contribution in [3.63, 3.8) is 0 Å². The average molecular weight is 532 g/mol. The van der Waals surface area contributed by atoms with Gasteiger partial charge in [0.2, 0.25) is 0 Å². The molecule has 0 aromatic heterocycles. The lowest BCUT2D eigenvalue weighted by Crippen LogP contribution is -2.50. The average Bonchev–Trinajstić information content (AvgIpc) is 2.96. The highest BCUT2D eigenvalue weighted by molar-refractivity contribution is 5.78. The topological polar surface area (TPSA) is 80.6 Å². The largest absolute Gasteiger partial charge is 0.488 e. The van der Waals surface area contributed by atoms with E-state index in [0.29, 0.717) is 73.9 Å². The zero-order chi connectivity index (χ0) is 27.4. The number of fused-ring (bicyclic) bond motifs is 1. The SMILES string of the molecule is CNCc1c(C=O)cccc1OCc1cc2c(cc1F)C(N1CCN(c3ccc(C#N)cc3F)CC1)CNC2. The summed E-state index contributed by atoms with van der Waals surface area (Å²) in [5.74, 6) is -0.153. The zero-order valence-electron chi connectivity index (χ0n) is 21.8. The summed E-state index contributed by atoms with van der Waals surface area (Å²) in [4.78, 5) is 15.8. The molecule has 0 aliphatic carbocycles. The van der Waals surface area contributed by atoms with Crippen molar-refractivity contribution >= 4 is 12.0 Å². The Morgan fingerprint density at radius 1 is 1.13 bits per heavy atom. The molecule has 7 nitrogen and oxygen atoms in total. The van der Waals surface area contributed by atoms with Gasteiger partial charge in [-0.25, -0.2) is 8.78 Å². The number of piperazine rings is 1. The van der Waals surface area contributed by atoms with Crippen LogP contribution < -0.4 is 20.3 Å². The minimum Gasteiger partial charge on any atom is -0.488 e. The number of hydrogen-bond donors (Lipinski definition) is 2. The van der Waals surface area contributed by atoms with Gasteiger partial charge in [0.15, 0.2) is 6.29 Å². The number of carbonyl (C=O) groups is 1. The van der Waals surface area contributed by atoms with E-state index in [1.54, 1.807) is 43.4 Å². The van der Waals surface area contributed by atoms with Gasteiger partial charge in [-0.15, -0.1) is 0 Å². The smallest absolute Gasteiger partial charge is 0.150 e. The van der Waals surface area contributed by atoms with E-state index >= 15 is 4.39 Å². The lowest BCUT2D eigenvalue weighted by molar-refractivity contribution is 0.112. The minimum absolute atomic E-state index is 0.0117. The van der Waals surface area contributed by atoms with E-state index in [-0.39, 0.29) is 24.3 Å². The number of halogens is 2. The summed E-state index contributed by atoms with van der Waals surface area (Å²) in [6.45, 7) is 4.56. The Kier molecular flexibility index (Phi) is 8.17. The quantitative estimate of drug-likeness (QED) is 0.427. The first-order valence-corrected chi connectivity index (χ1v) is 13.1. The third-order valence-electron chi connectivity index (χ3n) is 7.53. The lowest BCUT2D eigenvalue weighted by Gasteiger charge is -2.42. The van der Waals surface area contributed by atoms with Crippen LogP contribution in [0.2, 0.25) is 0 Å². The van der Waals surface area contributed by atoms with Crippen molar-refractivity contribution in [3.8, 4) is 11.8 Å². The summed E-state index contributed by atoms with van der Waals surface area (Å²) < 4.78 is 35.9. The third-order valence-corrected chi connectivity index (χ3v) is 7.53. The van der Waals surface area contributed by atoms with E-state index in [1.807, 2.05) is 17.0 Å². The van der Waals surface area contributed by atoms with Gasteiger partial charge in [-0.3, -0.25) is 9.69 Å². The van der Waals surface area contributed by atoms with Crippen LogP contribution in [0.5, 0.6) is 5.75 Å². The predicted octanol–water partition coefficient (Wildman–Crippen LogP) is 3.91. The zero-order valence-corrected chi connectivity index (χ0v) is 21.8. The van der Waals surface area contributed by atoms with Gasteiger partial charge in [-0.2, -0.15) is 5.26 Å². The first-order valence-electron chi connectivity index (χ1n) is 13.1. The first-order chi connectivity index (χ1) is 19.0. The van der Waals surface area contributed by atoms with Gasteiger partial charge in [0, 0.05) is 68.5 Å². The van der Waals surface area contributed by atoms with Crippen molar-refractivity contribution in [3.05, 3.63) is 93.5 Å². The molecule has 1 saturated heterocycles. The van der Waals surface area contributed by atoms with E-state index in [1.165, 1.54) is 6.07 Å². The van der Waals surface area contributed by atoms with E-state index in [4.69, 9.17) is 10.00 Å². The summed E-state index contributed by atoms with van der Waals surface area (Å²) in [7, 11) is 1.79. The molecule has 202 valence electrons. The first kappa shape index (κ1) is 26.8. The van der Waals surface area contributed by atoms with Crippen LogP contribution in [0.3, 0.4) is 0 Å². The van der Waals surface area contributed by atoms with Crippen LogP contribution in [0.15, 0.2) is 48.5 Å². The molecule has 3 aromatic rings. The number of nitrogens with one attached hydrogen (secondary N) is 2. The van der Waals surface area contributed by atoms with E-state index in [0.717, 1.165) is 23.0 Å². The van der Waals surface area contributed by atoms with Crippen molar-refractivity contribution in [1.82, 2.24) is 15.5 Å². The molecule has 1 atom stereocenters. The summed E-state index contributed by atoms with van der Waals surface area (Å²) in [5.41, 5.74) is 4.56. The molecule has 2 aliphatic heterocycles. The van der Waals surface area contributed by atoms with Gasteiger partial charge >= 0.3 is 0 Å². The molecule has 0 radical (unpaired) electrons. The number of anilines is 1. The Morgan fingerprint density at radius 3 is 2.67 bits per heavy atom. The molecule has 0 saturated carbocycles. The van der Waals surface area contributed by atoms with E-state index < -0.39 is 0 Å². The number of ether oxygens (including phenoxy) is 1. The van der Waals surface area contributed by atoms with Gasteiger partial charge < -0.3 is 20.3 Å². The molecule has 0 amide bonds. The number of hydrogen-bond acceptors (Lipinski definition) is 7. The Hall–Kier alpha value is -3.84. The predicted molar refractivity (Wildman–Crippen MR) is 145 cm³/mol. The highest BCUT2D eigenvalue weighted by atomic mass is 19.1. The van der Waals surface area contributed by atoms with Crippen LogP contribution >= 0.6 is 0 Å². The second-order valence-electron chi connectivity index (χ2n) is 9.85. The van der Waals surface area contributed by atoms with Crippen LogP contribution in [0.25, 0.3) is 0 Å². The number of rotatable bonds is 8. The summed E-state index contributed by atoms with van der Waals surface area (Å²) in [6, 6.07) is 15.3. The molecule has 2 heterocycles. The van der Waals surface area contributed by atoms with Gasteiger partial charge in [0.1, 0.15) is 24.0 Å². The molecule has 3 aromatic carbocycles. The van der Waals surface area contributed by atoms with Crippen LogP contribution in [-0.4, -0.2) is 51.0 Å². The molecule has 2 N–H and O–H groups in total. The maximum absolute atomic E-state index is 15.3. The molecule has 39 heavy (non-hydrogen) atoms. The van der Waals surface area contributed by atoms with Crippen molar-refractivity contribution in [2.45, 2.75) is 25.7 Å². The van der Waals surface area contributed by atoms with Gasteiger partial charge in [-0.1, -0.05) is 12.1 Å². The number of nitrogens with zero attached hydrogens (tertiary/aromatic N) is 3. The van der Waals surface area contributed by atoms with Crippen molar-refractivity contribution in [2.24, 2.45) is 0 Å².